The van der Waals surface area contributed by atoms with Crippen LogP contribution in [0.25, 0.3) is 26.2 Å². The number of fused-ring (bicyclic) bond motifs is 3. The van der Waals surface area contributed by atoms with Crippen LogP contribution < -0.4 is 4.90 Å². The van der Waals surface area contributed by atoms with Crippen molar-refractivity contribution in [1.29, 1.82) is 0 Å². The highest BCUT2D eigenvalue weighted by atomic mass is 32.2. The number of carbonyl (C=O) groups excluding carboxylic acids is 1. The lowest BCUT2D eigenvalue weighted by atomic mass is 10.1. The summed E-state index contributed by atoms with van der Waals surface area (Å²) in [5, 5.41) is 3.13. The molecular formula is C28H18N2OS2. The van der Waals surface area contributed by atoms with Crippen molar-refractivity contribution in [2.75, 3.05) is 4.90 Å². The van der Waals surface area contributed by atoms with Gasteiger partial charge in [-0.15, -0.1) is 11.3 Å². The molecule has 0 aliphatic carbocycles. The normalized spacial score (nSPS) is 14.8. The van der Waals surface area contributed by atoms with Crippen molar-refractivity contribution in [2.45, 2.75) is 0 Å². The summed E-state index contributed by atoms with van der Waals surface area (Å²) in [5.74, 6) is -0.206. The molecule has 0 N–H and O–H groups in total. The van der Waals surface area contributed by atoms with Crippen molar-refractivity contribution in [1.82, 2.24) is 0 Å². The van der Waals surface area contributed by atoms with Gasteiger partial charge in [0.25, 0.3) is 5.91 Å². The second kappa shape index (κ2) is 8.35. The summed E-state index contributed by atoms with van der Waals surface area (Å²) in [6.45, 7) is 0. The minimum Gasteiger partial charge on any atom is -0.289 e. The molecule has 0 radical (unpaired) electrons. The first kappa shape index (κ1) is 20.0. The molecule has 2 heterocycles. The molecule has 0 unspecified atom stereocenters. The average Bonchev–Trinajstić information content (AvgIpc) is 3.40. The number of thioether (sulfide) groups is 1. The maximum absolute atomic E-state index is 12.9. The third-order valence-electron chi connectivity index (χ3n) is 5.53. The van der Waals surface area contributed by atoms with Gasteiger partial charge in [-0.3, -0.25) is 9.69 Å². The van der Waals surface area contributed by atoms with E-state index in [-0.39, 0.29) is 5.91 Å². The van der Waals surface area contributed by atoms with Gasteiger partial charge in [-0.05, 0) is 65.9 Å². The molecule has 0 saturated carbocycles. The molecule has 0 atom stereocenters. The number of benzene rings is 4. The fraction of sp³-hybridized carbons (Fsp3) is 0. The van der Waals surface area contributed by atoms with Gasteiger partial charge in [0.15, 0.2) is 5.17 Å². The van der Waals surface area contributed by atoms with Crippen LogP contribution in [0.4, 0.5) is 11.4 Å². The first-order valence-electron chi connectivity index (χ1n) is 10.6. The number of aliphatic imine (C=N–C) groups is 1. The summed E-state index contributed by atoms with van der Waals surface area (Å²) >= 11 is 3.20. The summed E-state index contributed by atoms with van der Waals surface area (Å²) in [5.41, 5.74) is 2.94. The van der Waals surface area contributed by atoms with Crippen LogP contribution in [0.1, 0.15) is 5.56 Å². The molecule has 33 heavy (non-hydrogen) atoms. The van der Waals surface area contributed by atoms with E-state index in [2.05, 4.69) is 47.5 Å². The van der Waals surface area contributed by atoms with Gasteiger partial charge in [0.2, 0.25) is 0 Å². The second-order valence-electron chi connectivity index (χ2n) is 7.67. The van der Waals surface area contributed by atoms with Gasteiger partial charge in [0.05, 0.1) is 4.91 Å². The predicted molar refractivity (Wildman–Crippen MR) is 142 cm³/mol. The number of rotatable bonds is 3. The van der Waals surface area contributed by atoms with Gasteiger partial charge in [0, 0.05) is 31.5 Å². The van der Waals surface area contributed by atoms with Crippen LogP contribution in [0, 0.1) is 0 Å². The Morgan fingerprint density at radius 2 is 1.33 bits per heavy atom. The molecule has 0 saturated heterocycles. The lowest BCUT2D eigenvalue weighted by molar-refractivity contribution is -0.113. The molecule has 5 aromatic rings. The van der Waals surface area contributed by atoms with Gasteiger partial charge >= 0.3 is 0 Å². The van der Waals surface area contributed by atoms with Crippen molar-refractivity contribution < 1.29 is 4.79 Å². The van der Waals surface area contributed by atoms with E-state index in [4.69, 9.17) is 0 Å². The summed E-state index contributed by atoms with van der Waals surface area (Å²) in [7, 11) is 0. The van der Waals surface area contributed by atoms with Crippen molar-refractivity contribution in [3.8, 4) is 0 Å². The lowest BCUT2D eigenvalue weighted by Crippen LogP contribution is -2.21. The lowest BCUT2D eigenvalue weighted by Gasteiger charge is -2.23. The summed E-state index contributed by atoms with van der Waals surface area (Å²) in [4.78, 5) is 20.0. The molecule has 5 heteroatoms. The molecule has 1 aliphatic rings. The largest absolute Gasteiger partial charge is 0.289 e. The minimum atomic E-state index is -0.206. The third kappa shape index (κ3) is 3.75. The summed E-state index contributed by atoms with van der Waals surface area (Å²) in [6.07, 6.45) is 1.95. The molecule has 0 fully saturated rings. The molecule has 1 amide bonds. The summed E-state index contributed by atoms with van der Waals surface area (Å²) in [6, 6.07) is 34.8. The molecule has 0 bridgehead atoms. The summed E-state index contributed by atoms with van der Waals surface area (Å²) < 4.78 is 2.52. The molecule has 1 aliphatic heterocycles. The van der Waals surface area contributed by atoms with Gasteiger partial charge in [-0.1, -0.05) is 60.7 Å². The molecular weight excluding hydrogens is 444 g/mol. The standard InChI is InChI=1S/C28H18N2OS2/c31-27-26(18-19-15-16-25-23(17-19)22-13-7-8-14-24(22)32-25)33-28(29-27)30(20-9-3-1-4-10-20)21-11-5-2-6-12-21/h1-18H. The number of para-hydroxylation sites is 2. The number of hydrogen-bond acceptors (Lipinski definition) is 4. The van der Waals surface area contributed by atoms with Crippen LogP contribution in [-0.2, 0) is 4.79 Å². The first-order valence-corrected chi connectivity index (χ1v) is 12.2. The van der Waals surface area contributed by atoms with Gasteiger partial charge in [0.1, 0.15) is 0 Å². The average molecular weight is 463 g/mol. The zero-order chi connectivity index (χ0) is 22.2. The number of amides is 1. The van der Waals surface area contributed by atoms with Crippen molar-refractivity contribution in [3.05, 3.63) is 114 Å². The Kier molecular flexibility index (Phi) is 5.06. The molecule has 1 aromatic heterocycles. The molecule has 158 valence electrons. The fourth-order valence-electron chi connectivity index (χ4n) is 4.00. The molecule has 3 nitrogen and oxygen atoms in total. The number of anilines is 2. The highest BCUT2D eigenvalue weighted by Gasteiger charge is 2.28. The quantitative estimate of drug-likeness (QED) is 0.256. The molecule has 0 spiro atoms. The van der Waals surface area contributed by atoms with Crippen molar-refractivity contribution >= 4 is 71.8 Å². The number of amidine groups is 1. The SMILES string of the molecule is O=C1N=C(N(c2ccccc2)c2ccccc2)SC1=Cc1ccc2sc3ccccc3c2c1. The monoisotopic (exact) mass is 462 g/mol. The van der Waals surface area contributed by atoms with Crippen LogP contribution in [0.15, 0.2) is 113 Å². The van der Waals surface area contributed by atoms with E-state index in [0.717, 1.165) is 16.9 Å². The first-order chi connectivity index (χ1) is 16.3. The van der Waals surface area contributed by atoms with E-state index in [0.29, 0.717) is 10.1 Å². The Morgan fingerprint density at radius 1 is 0.697 bits per heavy atom. The van der Waals surface area contributed by atoms with Gasteiger partial charge in [-0.2, -0.15) is 4.99 Å². The zero-order valence-electron chi connectivity index (χ0n) is 17.5. The van der Waals surface area contributed by atoms with E-state index in [1.54, 1.807) is 11.3 Å². The van der Waals surface area contributed by atoms with Crippen LogP contribution in [-0.4, -0.2) is 11.1 Å². The van der Waals surface area contributed by atoms with E-state index < -0.39 is 0 Å². The molecule has 4 aromatic carbocycles. The number of nitrogens with zero attached hydrogens (tertiary/aromatic N) is 2. The van der Waals surface area contributed by atoms with E-state index >= 15 is 0 Å². The fourth-order valence-corrected chi connectivity index (χ4v) is 6.04. The zero-order valence-corrected chi connectivity index (χ0v) is 19.1. The van der Waals surface area contributed by atoms with Crippen molar-refractivity contribution in [3.63, 3.8) is 0 Å². The number of thiophene rings is 1. The van der Waals surface area contributed by atoms with Crippen molar-refractivity contribution in [2.24, 2.45) is 4.99 Å². The Labute approximate surface area is 199 Å². The topological polar surface area (TPSA) is 32.7 Å². The Morgan fingerprint density at radius 3 is 2.06 bits per heavy atom. The van der Waals surface area contributed by atoms with E-state index in [1.807, 2.05) is 71.6 Å². The highest BCUT2D eigenvalue weighted by Crippen LogP contribution is 2.38. The van der Waals surface area contributed by atoms with Crippen LogP contribution in [0.2, 0.25) is 0 Å². The molecule has 6 rings (SSSR count). The maximum atomic E-state index is 12.9. The van der Waals surface area contributed by atoms with Crippen LogP contribution in [0.3, 0.4) is 0 Å². The second-order valence-corrected chi connectivity index (χ2v) is 9.76. The Hall–Kier alpha value is -3.67. The Bertz CT molecular complexity index is 1510. The highest BCUT2D eigenvalue weighted by molar-refractivity contribution is 8.18. The Balaban J connectivity index is 1.37. The van der Waals surface area contributed by atoms with E-state index in [9.17, 15) is 4.79 Å². The minimum absolute atomic E-state index is 0.206. The third-order valence-corrected chi connectivity index (χ3v) is 7.65. The van der Waals surface area contributed by atoms with Crippen LogP contribution >= 0.6 is 23.1 Å². The number of hydrogen-bond donors (Lipinski definition) is 0. The smallest absolute Gasteiger partial charge is 0.286 e. The van der Waals surface area contributed by atoms with Gasteiger partial charge in [-0.25, -0.2) is 0 Å². The van der Waals surface area contributed by atoms with Crippen LogP contribution in [0.5, 0.6) is 0 Å². The van der Waals surface area contributed by atoms with E-state index in [1.165, 1.54) is 31.9 Å². The predicted octanol–water partition coefficient (Wildman–Crippen LogP) is 7.86. The van der Waals surface area contributed by atoms with Gasteiger partial charge < -0.3 is 0 Å². The maximum Gasteiger partial charge on any atom is 0.286 e. The number of carbonyl (C=O) groups is 1.